The summed E-state index contributed by atoms with van der Waals surface area (Å²) in [5, 5.41) is 3.78. The summed E-state index contributed by atoms with van der Waals surface area (Å²) in [6.07, 6.45) is 5.41. The maximum atomic E-state index is 13.1. The van der Waals surface area contributed by atoms with Crippen molar-refractivity contribution in [1.29, 1.82) is 0 Å². The van der Waals surface area contributed by atoms with Gasteiger partial charge in [-0.15, -0.1) is 0 Å². The fraction of sp³-hybridized carbons (Fsp3) is 0. The lowest BCUT2D eigenvalue weighted by Crippen LogP contribution is -2.03. The molecule has 0 amide bonds. The monoisotopic (exact) mass is 192 g/mol. The van der Waals surface area contributed by atoms with Gasteiger partial charge < -0.3 is 0 Å². The molecule has 2 aromatic rings. The first-order chi connectivity index (χ1) is 6.83. The molecule has 14 heavy (non-hydrogen) atoms. The second kappa shape index (κ2) is 3.33. The van der Waals surface area contributed by atoms with Gasteiger partial charge in [-0.05, 0) is 0 Å². The Morgan fingerprint density at radius 2 is 2.21 bits per heavy atom. The lowest BCUT2D eigenvalue weighted by molar-refractivity contribution is 0.111. The number of pyridine rings is 1. The van der Waals surface area contributed by atoms with Crippen molar-refractivity contribution >= 4 is 6.29 Å². The van der Waals surface area contributed by atoms with Crippen molar-refractivity contribution in [2.24, 2.45) is 0 Å². The zero-order valence-corrected chi connectivity index (χ0v) is 6.96. The second-order valence-electron chi connectivity index (χ2n) is 2.51. The molecule has 0 saturated carbocycles. The fourth-order valence-electron chi connectivity index (χ4n) is 1.07. The molecule has 70 valence electrons. The number of rotatable bonds is 2. The van der Waals surface area contributed by atoms with E-state index in [4.69, 9.17) is 0 Å². The normalized spacial score (nSPS) is 10.1. The number of hydrogen-bond acceptors (Lipinski definition) is 4. The van der Waals surface area contributed by atoms with Crippen molar-refractivity contribution in [3.8, 4) is 5.69 Å². The Bertz CT molecular complexity index is 454. The maximum Gasteiger partial charge on any atom is 0.155 e. The number of aldehydes is 1. The number of carbonyl (C=O) groups is 1. The molecule has 0 unspecified atom stereocenters. The van der Waals surface area contributed by atoms with Crippen LogP contribution in [0, 0.1) is 5.82 Å². The van der Waals surface area contributed by atoms with E-state index in [2.05, 4.69) is 15.1 Å². The van der Waals surface area contributed by atoms with Crippen LogP contribution in [-0.4, -0.2) is 26.0 Å². The third kappa shape index (κ3) is 1.26. The SMILES string of the molecule is O=Cc1c(F)cncc1-n1cncn1. The van der Waals surface area contributed by atoms with Crippen molar-refractivity contribution in [2.45, 2.75) is 0 Å². The van der Waals surface area contributed by atoms with Gasteiger partial charge in [0.05, 0.1) is 23.6 Å². The van der Waals surface area contributed by atoms with Crippen LogP contribution < -0.4 is 0 Å². The molecule has 0 atom stereocenters. The zero-order valence-electron chi connectivity index (χ0n) is 6.96. The Kier molecular flexibility index (Phi) is 2.02. The Hall–Kier alpha value is -2.11. The van der Waals surface area contributed by atoms with Crippen LogP contribution in [-0.2, 0) is 0 Å². The number of nitrogens with zero attached hydrogens (tertiary/aromatic N) is 4. The van der Waals surface area contributed by atoms with Crippen LogP contribution in [0.1, 0.15) is 10.4 Å². The molecule has 0 saturated heterocycles. The van der Waals surface area contributed by atoms with Crippen molar-refractivity contribution in [3.63, 3.8) is 0 Å². The van der Waals surface area contributed by atoms with Gasteiger partial charge >= 0.3 is 0 Å². The minimum Gasteiger partial charge on any atom is -0.298 e. The molecule has 2 heterocycles. The van der Waals surface area contributed by atoms with Gasteiger partial charge in [0, 0.05) is 0 Å². The molecule has 5 nitrogen and oxygen atoms in total. The second-order valence-corrected chi connectivity index (χ2v) is 2.51. The van der Waals surface area contributed by atoms with Crippen molar-refractivity contribution in [1.82, 2.24) is 19.7 Å². The Morgan fingerprint density at radius 1 is 1.36 bits per heavy atom. The number of carbonyl (C=O) groups excluding carboxylic acids is 1. The lowest BCUT2D eigenvalue weighted by atomic mass is 10.2. The van der Waals surface area contributed by atoms with Gasteiger partial charge in [-0.2, -0.15) is 5.10 Å². The lowest BCUT2D eigenvalue weighted by Gasteiger charge is -2.02. The van der Waals surface area contributed by atoms with E-state index in [0.717, 1.165) is 6.20 Å². The summed E-state index contributed by atoms with van der Waals surface area (Å²) in [6, 6.07) is 0. The summed E-state index contributed by atoms with van der Waals surface area (Å²) in [5.74, 6) is -0.673. The van der Waals surface area contributed by atoms with Crippen LogP contribution in [0.15, 0.2) is 25.0 Å². The topological polar surface area (TPSA) is 60.7 Å². The Labute approximate surface area is 78.2 Å². The van der Waals surface area contributed by atoms with Crippen LogP contribution in [0.2, 0.25) is 0 Å². The molecule has 0 spiro atoms. The highest BCUT2D eigenvalue weighted by molar-refractivity contribution is 5.80. The van der Waals surface area contributed by atoms with E-state index in [9.17, 15) is 9.18 Å². The molecule has 2 rings (SSSR count). The molecular weight excluding hydrogens is 187 g/mol. The summed E-state index contributed by atoms with van der Waals surface area (Å²) >= 11 is 0. The molecule has 0 bridgehead atoms. The van der Waals surface area contributed by atoms with Crippen molar-refractivity contribution in [3.05, 3.63) is 36.4 Å². The molecule has 0 aliphatic rings. The molecule has 0 aliphatic heterocycles. The van der Waals surface area contributed by atoms with Gasteiger partial charge in [0.1, 0.15) is 12.7 Å². The molecule has 0 fully saturated rings. The molecule has 0 N–H and O–H groups in total. The predicted molar refractivity (Wildman–Crippen MR) is 44.5 cm³/mol. The predicted octanol–water partition coefficient (Wildman–Crippen LogP) is 0.614. The fourth-order valence-corrected chi connectivity index (χ4v) is 1.07. The zero-order chi connectivity index (χ0) is 9.97. The van der Waals surface area contributed by atoms with Gasteiger partial charge in [0.15, 0.2) is 12.1 Å². The van der Waals surface area contributed by atoms with Crippen LogP contribution in [0.5, 0.6) is 0 Å². The first kappa shape index (κ1) is 8.49. The first-order valence-electron chi connectivity index (χ1n) is 3.76. The van der Waals surface area contributed by atoms with Gasteiger partial charge in [-0.25, -0.2) is 14.1 Å². The quantitative estimate of drug-likeness (QED) is 0.654. The molecule has 0 aliphatic carbocycles. The van der Waals surface area contributed by atoms with Gasteiger partial charge in [-0.1, -0.05) is 0 Å². The standard InChI is InChI=1S/C8H5FN4O/c9-7-1-10-2-8(6(7)3-14)13-5-11-4-12-13/h1-5H. The summed E-state index contributed by atoms with van der Waals surface area (Å²) in [7, 11) is 0. The van der Waals surface area contributed by atoms with Crippen LogP contribution in [0.25, 0.3) is 5.69 Å². The van der Waals surface area contributed by atoms with E-state index in [1.807, 2.05) is 0 Å². The van der Waals surface area contributed by atoms with Gasteiger partial charge in [-0.3, -0.25) is 9.78 Å². The highest BCUT2D eigenvalue weighted by Gasteiger charge is 2.09. The summed E-state index contributed by atoms with van der Waals surface area (Å²) in [5.41, 5.74) is 0.197. The molecule has 2 aromatic heterocycles. The van der Waals surface area contributed by atoms with Crippen molar-refractivity contribution < 1.29 is 9.18 Å². The largest absolute Gasteiger partial charge is 0.298 e. The smallest absolute Gasteiger partial charge is 0.155 e. The van der Waals surface area contributed by atoms with Crippen LogP contribution in [0.3, 0.4) is 0 Å². The van der Waals surface area contributed by atoms with E-state index >= 15 is 0 Å². The molecule has 0 aromatic carbocycles. The Balaban J connectivity index is 2.64. The van der Waals surface area contributed by atoms with E-state index in [0.29, 0.717) is 6.29 Å². The highest BCUT2D eigenvalue weighted by Crippen LogP contribution is 2.12. The maximum absolute atomic E-state index is 13.1. The third-order valence-corrected chi connectivity index (χ3v) is 1.70. The van der Waals surface area contributed by atoms with E-state index < -0.39 is 5.82 Å². The summed E-state index contributed by atoms with van der Waals surface area (Å²) in [4.78, 5) is 17.9. The molecule has 0 radical (unpaired) electrons. The average Bonchev–Trinajstić information content (AvgIpc) is 2.70. The van der Waals surface area contributed by atoms with Gasteiger partial charge in [0.25, 0.3) is 0 Å². The van der Waals surface area contributed by atoms with E-state index in [1.54, 1.807) is 0 Å². The molecular formula is C8H5FN4O. The number of halogens is 1. The number of hydrogen-bond donors (Lipinski definition) is 0. The minimum absolute atomic E-state index is 0.0782. The van der Waals surface area contributed by atoms with Crippen LogP contribution >= 0.6 is 0 Å². The summed E-state index contributed by atoms with van der Waals surface area (Å²) in [6.45, 7) is 0. The third-order valence-electron chi connectivity index (χ3n) is 1.70. The number of aromatic nitrogens is 4. The highest BCUT2D eigenvalue weighted by atomic mass is 19.1. The van der Waals surface area contributed by atoms with E-state index in [-0.39, 0.29) is 11.3 Å². The first-order valence-corrected chi connectivity index (χ1v) is 3.76. The van der Waals surface area contributed by atoms with Gasteiger partial charge in [0.2, 0.25) is 0 Å². The Morgan fingerprint density at radius 3 is 2.86 bits per heavy atom. The minimum atomic E-state index is -0.673. The van der Waals surface area contributed by atoms with Crippen molar-refractivity contribution in [2.75, 3.05) is 0 Å². The van der Waals surface area contributed by atoms with E-state index in [1.165, 1.54) is 23.5 Å². The summed E-state index contributed by atoms with van der Waals surface area (Å²) < 4.78 is 14.4. The van der Waals surface area contributed by atoms with Crippen LogP contribution in [0.4, 0.5) is 4.39 Å². The average molecular weight is 192 g/mol. The molecule has 6 heteroatoms.